The van der Waals surface area contributed by atoms with Gasteiger partial charge in [0.2, 0.25) is 0 Å². The smallest absolute Gasteiger partial charge is 0.264 e. The van der Waals surface area contributed by atoms with Crippen molar-refractivity contribution in [3.8, 4) is 11.5 Å². The normalized spacial score (nSPS) is 13.4. The number of nitrogens with zero attached hydrogens (tertiary/aromatic N) is 1. The zero-order valence-corrected chi connectivity index (χ0v) is 21.7. The van der Waals surface area contributed by atoms with E-state index in [1.54, 1.807) is 54.6 Å². The van der Waals surface area contributed by atoms with Gasteiger partial charge in [0.05, 0.1) is 28.7 Å². The van der Waals surface area contributed by atoms with Crippen molar-refractivity contribution in [1.29, 1.82) is 0 Å². The number of carbonyl (C=O) groups excluding carboxylic acids is 1. The number of carbonyl (C=O) groups is 1. The van der Waals surface area contributed by atoms with Gasteiger partial charge in [0.1, 0.15) is 13.2 Å². The molecular weight excluding hydrogens is 500 g/mol. The summed E-state index contributed by atoms with van der Waals surface area (Å²) in [4.78, 5) is 13.7. The molecule has 1 amide bonds. The van der Waals surface area contributed by atoms with Gasteiger partial charge < -0.3 is 14.8 Å². The third-order valence-electron chi connectivity index (χ3n) is 6.33. The fourth-order valence-corrected chi connectivity index (χ4v) is 5.83. The summed E-state index contributed by atoms with van der Waals surface area (Å²) in [5.41, 5.74) is 2.20. The Kier molecular flexibility index (Phi) is 7.33. The van der Waals surface area contributed by atoms with Crippen molar-refractivity contribution in [3.63, 3.8) is 0 Å². The predicted octanol–water partition coefficient (Wildman–Crippen LogP) is 5.34. The lowest BCUT2D eigenvalue weighted by atomic mass is 10.1. The topological polar surface area (TPSA) is 84.9 Å². The maximum absolute atomic E-state index is 13.9. The molecule has 0 fully saturated rings. The third kappa shape index (κ3) is 5.35. The number of hydrogen-bond acceptors (Lipinski definition) is 5. The molecule has 1 aliphatic rings. The van der Waals surface area contributed by atoms with Crippen molar-refractivity contribution in [2.45, 2.75) is 24.4 Å². The number of nitrogens with one attached hydrogen (secondary N) is 1. The van der Waals surface area contributed by atoms with Crippen LogP contribution in [0.5, 0.6) is 11.5 Å². The highest BCUT2D eigenvalue weighted by Gasteiger charge is 2.29. The van der Waals surface area contributed by atoms with Crippen LogP contribution in [0.1, 0.15) is 34.5 Å². The number of rotatable bonds is 8. The molecule has 0 saturated heterocycles. The Balaban J connectivity index is 1.48. The van der Waals surface area contributed by atoms with E-state index < -0.39 is 10.0 Å². The second-order valence-corrected chi connectivity index (χ2v) is 10.8. The van der Waals surface area contributed by atoms with Crippen LogP contribution in [0.4, 0.5) is 5.69 Å². The Labute approximate surface area is 222 Å². The molecule has 4 aromatic carbocycles. The van der Waals surface area contributed by atoms with Gasteiger partial charge >= 0.3 is 0 Å². The number of anilines is 1. The molecule has 38 heavy (non-hydrogen) atoms. The fourth-order valence-electron chi connectivity index (χ4n) is 4.34. The van der Waals surface area contributed by atoms with Gasteiger partial charge in [-0.2, -0.15) is 0 Å². The van der Waals surface area contributed by atoms with E-state index in [0.29, 0.717) is 30.4 Å². The number of para-hydroxylation sites is 1. The maximum Gasteiger partial charge on any atom is 0.264 e. The average Bonchev–Trinajstić information content (AvgIpc) is 2.96. The van der Waals surface area contributed by atoms with E-state index in [4.69, 9.17) is 9.47 Å². The van der Waals surface area contributed by atoms with Crippen molar-refractivity contribution in [3.05, 3.63) is 120 Å². The minimum Gasteiger partial charge on any atom is -0.486 e. The third-order valence-corrected chi connectivity index (χ3v) is 8.11. The van der Waals surface area contributed by atoms with Crippen LogP contribution in [-0.4, -0.2) is 27.5 Å². The molecule has 1 atom stereocenters. The standard InChI is InChI=1S/C30H28N2O5S/c1-22(24-16-17-28-29(20-24)37-19-18-36-28)31-30(33)26-14-8-9-15-27(26)32(21-23-10-4-2-5-11-23)38(34,35)25-12-6-3-7-13-25/h2-17,20,22H,18-19,21H2,1H3,(H,31,33). The average molecular weight is 529 g/mol. The van der Waals surface area contributed by atoms with E-state index >= 15 is 0 Å². The molecule has 8 heteroatoms. The summed E-state index contributed by atoms with van der Waals surface area (Å²) < 4.78 is 40.3. The number of amides is 1. The highest BCUT2D eigenvalue weighted by Crippen LogP contribution is 2.33. The van der Waals surface area contributed by atoms with E-state index in [-0.39, 0.29) is 29.0 Å². The second-order valence-electron chi connectivity index (χ2n) is 8.93. The number of ether oxygens (including phenoxy) is 2. The molecule has 5 rings (SSSR count). The van der Waals surface area contributed by atoms with Crippen LogP contribution < -0.4 is 19.1 Å². The molecule has 0 bridgehead atoms. The molecule has 1 unspecified atom stereocenters. The van der Waals surface area contributed by atoms with Crippen molar-refractivity contribution in [2.24, 2.45) is 0 Å². The molecule has 1 aliphatic heterocycles. The summed E-state index contributed by atoms with van der Waals surface area (Å²) in [6.45, 7) is 2.91. The lowest BCUT2D eigenvalue weighted by Gasteiger charge is -2.27. The molecule has 0 aliphatic carbocycles. The molecule has 0 aromatic heterocycles. The van der Waals surface area contributed by atoms with Crippen molar-refractivity contribution in [2.75, 3.05) is 17.5 Å². The van der Waals surface area contributed by atoms with E-state index in [0.717, 1.165) is 11.1 Å². The van der Waals surface area contributed by atoms with Gasteiger partial charge in [-0.3, -0.25) is 9.10 Å². The molecule has 7 nitrogen and oxygen atoms in total. The van der Waals surface area contributed by atoms with E-state index in [1.165, 1.54) is 4.31 Å². The van der Waals surface area contributed by atoms with Gasteiger partial charge in [0, 0.05) is 0 Å². The molecule has 0 saturated carbocycles. The van der Waals surface area contributed by atoms with E-state index in [1.807, 2.05) is 55.5 Å². The molecule has 1 heterocycles. The first-order valence-corrected chi connectivity index (χ1v) is 13.8. The summed E-state index contributed by atoms with van der Waals surface area (Å²) >= 11 is 0. The summed E-state index contributed by atoms with van der Waals surface area (Å²) in [5, 5.41) is 3.01. The van der Waals surface area contributed by atoms with Crippen LogP contribution in [0.2, 0.25) is 0 Å². The SMILES string of the molecule is CC(NC(=O)c1ccccc1N(Cc1ccccc1)S(=O)(=O)c1ccccc1)c1ccc2c(c1)OCCO2. The van der Waals surface area contributed by atoms with Crippen LogP contribution in [0, 0.1) is 0 Å². The summed E-state index contributed by atoms with van der Waals surface area (Å²) in [6.07, 6.45) is 0. The highest BCUT2D eigenvalue weighted by molar-refractivity contribution is 7.92. The first-order valence-electron chi connectivity index (χ1n) is 12.3. The Morgan fingerprint density at radius 1 is 0.842 bits per heavy atom. The number of hydrogen-bond donors (Lipinski definition) is 1. The highest BCUT2D eigenvalue weighted by atomic mass is 32.2. The van der Waals surface area contributed by atoms with Gasteiger partial charge in [-0.1, -0.05) is 66.7 Å². The number of benzene rings is 4. The zero-order valence-electron chi connectivity index (χ0n) is 20.9. The number of fused-ring (bicyclic) bond motifs is 1. The Morgan fingerprint density at radius 3 is 2.21 bits per heavy atom. The van der Waals surface area contributed by atoms with Gasteiger partial charge in [0.15, 0.2) is 11.5 Å². The van der Waals surface area contributed by atoms with Crippen LogP contribution in [0.25, 0.3) is 0 Å². The van der Waals surface area contributed by atoms with Gasteiger partial charge in [-0.15, -0.1) is 0 Å². The Morgan fingerprint density at radius 2 is 1.47 bits per heavy atom. The first kappa shape index (κ1) is 25.4. The zero-order chi connectivity index (χ0) is 26.5. The van der Waals surface area contributed by atoms with Crippen molar-refractivity contribution < 1.29 is 22.7 Å². The predicted molar refractivity (Wildman–Crippen MR) is 146 cm³/mol. The monoisotopic (exact) mass is 528 g/mol. The van der Waals surface area contributed by atoms with E-state index in [2.05, 4.69) is 5.32 Å². The Bertz CT molecular complexity index is 1530. The minimum absolute atomic E-state index is 0.0695. The lowest BCUT2D eigenvalue weighted by molar-refractivity contribution is 0.0940. The van der Waals surface area contributed by atoms with Crippen molar-refractivity contribution in [1.82, 2.24) is 5.32 Å². The fraction of sp³-hybridized carbons (Fsp3) is 0.167. The molecule has 1 N–H and O–H groups in total. The summed E-state index contributed by atoms with van der Waals surface area (Å²) in [5.74, 6) is 0.925. The largest absolute Gasteiger partial charge is 0.486 e. The molecular formula is C30H28N2O5S. The molecule has 194 valence electrons. The lowest BCUT2D eigenvalue weighted by Crippen LogP contribution is -2.34. The quantitative estimate of drug-likeness (QED) is 0.334. The minimum atomic E-state index is -3.98. The van der Waals surface area contributed by atoms with Crippen LogP contribution in [0.15, 0.2) is 108 Å². The van der Waals surface area contributed by atoms with E-state index in [9.17, 15) is 13.2 Å². The summed E-state index contributed by atoms with van der Waals surface area (Å²) in [7, 11) is -3.98. The maximum atomic E-state index is 13.9. The van der Waals surface area contributed by atoms with Gasteiger partial charge in [-0.25, -0.2) is 8.42 Å². The van der Waals surface area contributed by atoms with Crippen LogP contribution >= 0.6 is 0 Å². The summed E-state index contributed by atoms with van der Waals surface area (Å²) in [6, 6.07) is 29.5. The second kappa shape index (κ2) is 11.0. The number of sulfonamides is 1. The molecule has 0 radical (unpaired) electrons. The van der Waals surface area contributed by atoms with Gasteiger partial charge in [0.25, 0.3) is 15.9 Å². The Hall–Kier alpha value is -4.30. The van der Waals surface area contributed by atoms with Gasteiger partial charge in [-0.05, 0) is 54.4 Å². The first-order chi connectivity index (χ1) is 18.4. The molecule has 0 spiro atoms. The van der Waals surface area contributed by atoms with Crippen LogP contribution in [0.3, 0.4) is 0 Å². The van der Waals surface area contributed by atoms with Crippen molar-refractivity contribution >= 4 is 21.6 Å². The molecule has 4 aromatic rings. The van der Waals surface area contributed by atoms with Crippen LogP contribution in [-0.2, 0) is 16.6 Å².